The molecular weight excluding hydrogens is 844 g/mol. The van der Waals surface area contributed by atoms with Crippen molar-refractivity contribution in [2.45, 2.75) is 19.4 Å². The number of fused-ring (bicyclic) bond motifs is 1. The summed E-state index contributed by atoms with van der Waals surface area (Å²) in [6, 6.07) is 11.7. The molecule has 3 amide bonds. The molecule has 0 spiro atoms. The molecule has 2 N–H and O–H groups in total. The van der Waals surface area contributed by atoms with Gasteiger partial charge in [0.1, 0.15) is 0 Å². The molecule has 24 nitrogen and oxygen atoms in total. The first-order valence-electron chi connectivity index (χ1n) is 18.2. The van der Waals surface area contributed by atoms with Crippen molar-refractivity contribution in [3.8, 4) is 28.7 Å². The lowest BCUT2D eigenvalue weighted by atomic mass is 10.1. The minimum absolute atomic E-state index is 0.0904. The van der Waals surface area contributed by atoms with Crippen molar-refractivity contribution < 1.29 is 85.6 Å². The van der Waals surface area contributed by atoms with E-state index in [0.717, 1.165) is 45.0 Å². The normalized spacial score (nSPS) is 10.5. The Morgan fingerprint density at radius 3 is 1.65 bits per heavy atom. The number of nitrogens with two attached hydrogens (primary N) is 1. The molecule has 1 heterocycles. The predicted octanol–water partition coefficient (Wildman–Crippen LogP) is 3.03. The maximum Gasteiger partial charge on any atom is 0.513 e. The number of para-hydroxylation sites is 3. The van der Waals surface area contributed by atoms with E-state index < -0.39 is 77.5 Å². The van der Waals surface area contributed by atoms with Gasteiger partial charge in [-0.15, -0.1) is 0 Å². The molecule has 4 aromatic rings. The van der Waals surface area contributed by atoms with Crippen LogP contribution in [0.15, 0.2) is 68.6 Å². The highest BCUT2D eigenvalue weighted by atomic mass is 17.2. The van der Waals surface area contributed by atoms with Crippen LogP contribution in [0.1, 0.15) is 33.6 Å². The molecule has 0 saturated carbocycles. The monoisotopic (exact) mass is 884 g/mol. The molecule has 0 saturated heterocycles. The Kier molecular flexibility index (Phi) is 16.9. The summed E-state index contributed by atoms with van der Waals surface area (Å²) in [5, 5.41) is -0.120. The second-order valence-electron chi connectivity index (χ2n) is 12.4. The van der Waals surface area contributed by atoms with Crippen LogP contribution in [0, 0.1) is 0 Å². The van der Waals surface area contributed by atoms with Crippen molar-refractivity contribution in [2.24, 2.45) is 5.73 Å². The van der Waals surface area contributed by atoms with E-state index in [2.05, 4.69) is 18.9 Å². The van der Waals surface area contributed by atoms with Crippen LogP contribution < -0.4 is 40.9 Å². The topological polar surface area (TPSA) is 296 Å². The molecule has 3 aromatic carbocycles. The number of amides is 3. The van der Waals surface area contributed by atoms with Gasteiger partial charge in [-0.05, 0) is 49.2 Å². The molecule has 1 aromatic heterocycles. The quantitative estimate of drug-likeness (QED) is 0.0493. The van der Waals surface area contributed by atoms with Crippen molar-refractivity contribution in [1.29, 1.82) is 0 Å². The average molecular weight is 885 g/mol. The molecule has 4 rings (SSSR count). The first-order chi connectivity index (χ1) is 30.2. The van der Waals surface area contributed by atoms with Crippen LogP contribution in [-0.4, -0.2) is 118 Å². The molecule has 63 heavy (non-hydrogen) atoms. The molecule has 336 valence electrons. The van der Waals surface area contributed by atoms with E-state index in [0.29, 0.717) is 0 Å². The maximum absolute atomic E-state index is 14.4. The molecule has 0 radical (unpaired) electrons. The number of aromatic nitrogens is 1. The molecule has 0 bridgehead atoms. The van der Waals surface area contributed by atoms with Gasteiger partial charge >= 0.3 is 30.4 Å². The molecule has 0 unspecified atom stereocenters. The van der Waals surface area contributed by atoms with Crippen molar-refractivity contribution in [2.75, 3.05) is 61.7 Å². The molecule has 24 heteroatoms. The average Bonchev–Trinajstić information content (AvgIpc) is 3.26. The highest BCUT2D eigenvalue weighted by molar-refractivity contribution is 6.00. The van der Waals surface area contributed by atoms with Gasteiger partial charge in [-0.25, -0.2) is 28.5 Å². The molecule has 0 atom stereocenters. The van der Waals surface area contributed by atoms with E-state index in [1.807, 2.05) is 0 Å². The van der Waals surface area contributed by atoms with Crippen LogP contribution in [0.2, 0.25) is 0 Å². The summed E-state index contributed by atoms with van der Waals surface area (Å²) in [5.74, 6) is -5.68. The Balaban J connectivity index is 1.69. The number of carbonyl (C=O) groups excluding carboxylic acids is 7. The van der Waals surface area contributed by atoms with Crippen molar-refractivity contribution in [1.82, 2.24) is 14.4 Å². The summed E-state index contributed by atoms with van der Waals surface area (Å²) in [5.41, 5.74) is 3.74. The smallest absolute Gasteiger partial charge is 0.437 e. The molecule has 0 aliphatic carbocycles. The van der Waals surface area contributed by atoms with Gasteiger partial charge in [0.15, 0.2) is 28.6 Å². The third kappa shape index (κ3) is 12.2. The summed E-state index contributed by atoms with van der Waals surface area (Å²) in [6.45, 7) is -1.74. The number of rotatable bonds is 18. The van der Waals surface area contributed by atoms with Crippen LogP contribution in [0.4, 0.5) is 19.2 Å². The summed E-state index contributed by atoms with van der Waals surface area (Å²) in [6.07, 6.45) is -5.05. The Labute approximate surface area is 355 Å². The van der Waals surface area contributed by atoms with Gasteiger partial charge in [-0.1, -0.05) is 18.2 Å². The Bertz CT molecular complexity index is 2480. The first kappa shape index (κ1) is 47.5. The van der Waals surface area contributed by atoms with Gasteiger partial charge in [0.05, 0.1) is 58.6 Å². The van der Waals surface area contributed by atoms with Crippen molar-refractivity contribution in [3.63, 3.8) is 0 Å². The van der Waals surface area contributed by atoms with E-state index >= 15 is 0 Å². The molecule has 0 aliphatic rings. The van der Waals surface area contributed by atoms with Gasteiger partial charge in [0.2, 0.25) is 11.7 Å². The number of hydrogen-bond donors (Lipinski definition) is 1. The molecule has 0 aliphatic heterocycles. The zero-order chi connectivity index (χ0) is 46.2. The highest BCUT2D eigenvalue weighted by Crippen LogP contribution is 2.35. The largest absolute Gasteiger partial charge is 0.513 e. The maximum atomic E-state index is 14.4. The van der Waals surface area contributed by atoms with Crippen LogP contribution >= 0.6 is 0 Å². The fourth-order valence-electron chi connectivity index (χ4n) is 5.73. The summed E-state index contributed by atoms with van der Waals surface area (Å²) in [7, 11) is 5.25. The van der Waals surface area contributed by atoms with E-state index in [1.165, 1.54) is 59.5 Å². The number of nitrogens with zero attached hydrogens (tertiary/aromatic N) is 3. The second kappa shape index (κ2) is 22.5. The number of benzene rings is 3. The van der Waals surface area contributed by atoms with Crippen LogP contribution in [0.3, 0.4) is 0 Å². The van der Waals surface area contributed by atoms with Gasteiger partial charge in [0, 0.05) is 26.2 Å². The van der Waals surface area contributed by atoms with Crippen LogP contribution in [-0.2, 0) is 35.2 Å². The number of carbonyl (C=O) groups is 7. The van der Waals surface area contributed by atoms with E-state index in [4.69, 9.17) is 38.9 Å². The number of methoxy groups -OCH3 is 4. The number of primary amides is 1. The minimum Gasteiger partial charge on any atom is -0.437 e. The van der Waals surface area contributed by atoms with Crippen LogP contribution in [0.5, 0.6) is 28.7 Å². The summed E-state index contributed by atoms with van der Waals surface area (Å²) < 4.78 is 44.6. The molecular formula is C39H40N4O20. The Morgan fingerprint density at radius 1 is 0.603 bits per heavy atom. The lowest BCUT2D eigenvalue weighted by Crippen LogP contribution is -2.41. The first-order valence-corrected chi connectivity index (χ1v) is 18.2. The Hall–Kier alpha value is -8.15. The van der Waals surface area contributed by atoms with Gasteiger partial charge in [-0.3, -0.25) is 19.2 Å². The minimum atomic E-state index is -1.29. The fourth-order valence-corrected chi connectivity index (χ4v) is 5.73. The standard InChI is InChI=1S/C39H40N4O20/c1-53-36(49)58-25-14-7-13-24-29(25)60-35(48)43(34(24)47)20-10-18-41(32(45)23-12-8-16-27(63-57-5)31(23)62-39(52)56-4)17-9-19-42(21-28(40)44)33(46)22-11-6-15-26(59-37(50)54-2)30(22)61-38(51)55-3/h6-8,11-16H,9-10,17-21H2,1-5H3,(H2,40,44). The zero-order valence-corrected chi connectivity index (χ0v) is 34.2. The molecule has 0 fully saturated rings. The highest BCUT2D eigenvalue weighted by Gasteiger charge is 2.29. The van der Waals surface area contributed by atoms with Gasteiger partial charge in [0.25, 0.3) is 17.4 Å². The fraction of sp³-hybridized carbons (Fsp3) is 0.308. The third-order valence-electron chi connectivity index (χ3n) is 8.47. The summed E-state index contributed by atoms with van der Waals surface area (Å²) in [4.78, 5) is 127. The van der Waals surface area contributed by atoms with Crippen molar-refractivity contribution in [3.05, 3.63) is 86.6 Å². The SMILES string of the molecule is COOc1cccc(C(=O)N(CCCN(CC(N)=O)C(=O)c2cccc(OC(=O)OC)c2OC(=O)OC)CCCn2c(=O)oc3c(OC(=O)OC)cccc3c2=O)c1OC(=O)OC. The summed E-state index contributed by atoms with van der Waals surface area (Å²) >= 11 is 0. The van der Waals surface area contributed by atoms with E-state index in [9.17, 15) is 43.2 Å². The van der Waals surface area contributed by atoms with Crippen molar-refractivity contribution >= 4 is 53.3 Å². The van der Waals surface area contributed by atoms with Crippen LogP contribution in [0.25, 0.3) is 11.0 Å². The van der Waals surface area contributed by atoms with E-state index in [1.54, 1.807) is 0 Å². The van der Waals surface area contributed by atoms with E-state index in [-0.39, 0.29) is 72.6 Å². The third-order valence-corrected chi connectivity index (χ3v) is 8.47. The zero-order valence-electron chi connectivity index (χ0n) is 34.2. The lowest BCUT2D eigenvalue weighted by Gasteiger charge is -2.27. The number of hydrogen-bond acceptors (Lipinski definition) is 20. The Morgan fingerprint density at radius 2 is 1.08 bits per heavy atom. The van der Waals surface area contributed by atoms with Gasteiger partial charge < -0.3 is 62.7 Å². The van der Waals surface area contributed by atoms with Gasteiger partial charge in [-0.2, -0.15) is 4.89 Å². The predicted molar refractivity (Wildman–Crippen MR) is 210 cm³/mol. The lowest BCUT2D eigenvalue weighted by molar-refractivity contribution is -0.179. The number of ether oxygens (including phenoxy) is 8. The second-order valence-corrected chi connectivity index (χ2v) is 12.4.